The average Bonchev–Trinajstić information content (AvgIpc) is 2.23. The molecule has 0 amide bonds. The molecule has 1 unspecified atom stereocenters. The van der Waals surface area contributed by atoms with Crippen LogP contribution in [0.3, 0.4) is 0 Å². The lowest BCUT2D eigenvalue weighted by molar-refractivity contribution is 0.374. The number of hydrogen-bond acceptors (Lipinski definition) is 3. The minimum absolute atomic E-state index is 0.393. The Bertz CT molecular complexity index is 238. The summed E-state index contributed by atoms with van der Waals surface area (Å²) >= 11 is 0. The highest BCUT2D eigenvalue weighted by molar-refractivity contribution is 5.05. The maximum absolute atomic E-state index is 9.05. The van der Waals surface area contributed by atoms with Gasteiger partial charge in [-0.3, -0.25) is 5.32 Å². The molecule has 0 aromatic carbocycles. The largest absolute Gasteiger partial charge is 0.299 e. The van der Waals surface area contributed by atoms with Crippen molar-refractivity contribution >= 4 is 0 Å². The van der Waals surface area contributed by atoms with Gasteiger partial charge in [0, 0.05) is 18.0 Å². The van der Waals surface area contributed by atoms with Crippen LogP contribution in [0.25, 0.3) is 10.4 Å². The topological polar surface area (TPSA) is 84.6 Å². The van der Waals surface area contributed by atoms with Crippen molar-refractivity contribution in [2.45, 2.75) is 38.6 Å². The molecule has 0 aliphatic heterocycles. The van der Waals surface area contributed by atoms with Crippen LogP contribution in [0, 0.1) is 11.3 Å². The van der Waals surface area contributed by atoms with Gasteiger partial charge in [-0.05, 0) is 18.4 Å². The first-order valence-electron chi connectivity index (χ1n) is 4.91. The zero-order valence-corrected chi connectivity index (χ0v) is 8.82. The Labute approximate surface area is 84.7 Å². The SMILES string of the molecule is CCCC(C#N)(CC)NCCN=[N+]=[N-]. The maximum atomic E-state index is 9.05. The third-order valence-electron chi connectivity index (χ3n) is 2.23. The molecule has 0 fully saturated rings. The molecule has 78 valence electrons. The normalized spacial score (nSPS) is 13.8. The van der Waals surface area contributed by atoms with Crippen LogP contribution in [0.1, 0.15) is 33.1 Å². The highest BCUT2D eigenvalue weighted by Crippen LogP contribution is 2.15. The summed E-state index contributed by atoms with van der Waals surface area (Å²) in [5.74, 6) is 0. The fraction of sp³-hybridized carbons (Fsp3) is 0.889. The maximum Gasteiger partial charge on any atom is 0.106 e. The van der Waals surface area contributed by atoms with Crippen molar-refractivity contribution in [1.29, 1.82) is 5.26 Å². The predicted octanol–water partition coefficient (Wildman–Crippen LogP) is 2.36. The van der Waals surface area contributed by atoms with E-state index in [1.54, 1.807) is 0 Å². The minimum atomic E-state index is -0.445. The summed E-state index contributed by atoms with van der Waals surface area (Å²) in [6, 6.07) is 2.30. The van der Waals surface area contributed by atoms with E-state index >= 15 is 0 Å². The Morgan fingerprint density at radius 1 is 1.57 bits per heavy atom. The van der Waals surface area contributed by atoms with E-state index in [1.807, 2.05) is 6.92 Å². The Morgan fingerprint density at radius 3 is 2.71 bits per heavy atom. The van der Waals surface area contributed by atoms with Crippen molar-refractivity contribution < 1.29 is 0 Å². The molecule has 14 heavy (non-hydrogen) atoms. The molecule has 0 aliphatic carbocycles. The predicted molar refractivity (Wildman–Crippen MR) is 55.6 cm³/mol. The molecule has 5 nitrogen and oxygen atoms in total. The summed E-state index contributed by atoms with van der Waals surface area (Å²) in [4.78, 5) is 2.65. The number of nitrogens with zero attached hydrogens (tertiary/aromatic N) is 4. The highest BCUT2D eigenvalue weighted by atomic mass is 15.1. The van der Waals surface area contributed by atoms with Crippen LogP contribution >= 0.6 is 0 Å². The third kappa shape index (κ3) is 4.13. The van der Waals surface area contributed by atoms with Crippen LogP contribution in [0.5, 0.6) is 0 Å². The van der Waals surface area contributed by atoms with E-state index in [9.17, 15) is 0 Å². The molecule has 0 aromatic rings. The zero-order chi connectivity index (χ0) is 10.9. The van der Waals surface area contributed by atoms with E-state index < -0.39 is 5.54 Å². The van der Waals surface area contributed by atoms with Crippen LogP contribution in [-0.2, 0) is 0 Å². The summed E-state index contributed by atoms with van der Waals surface area (Å²) in [6.07, 6.45) is 2.57. The molecule has 0 bridgehead atoms. The molecule has 0 heterocycles. The monoisotopic (exact) mass is 195 g/mol. The van der Waals surface area contributed by atoms with E-state index in [2.05, 4.69) is 28.3 Å². The first-order chi connectivity index (χ1) is 6.74. The summed E-state index contributed by atoms with van der Waals surface area (Å²) in [5, 5.41) is 15.6. The second kappa shape index (κ2) is 7.19. The van der Waals surface area contributed by atoms with Gasteiger partial charge in [-0.2, -0.15) is 5.26 Å². The molecule has 1 atom stereocenters. The second-order valence-electron chi connectivity index (χ2n) is 3.18. The number of nitrogens with one attached hydrogen (secondary N) is 1. The molecule has 1 N–H and O–H groups in total. The molecule has 0 spiro atoms. The summed E-state index contributed by atoms with van der Waals surface area (Å²) in [5.41, 5.74) is 7.63. The first kappa shape index (κ1) is 12.8. The van der Waals surface area contributed by atoms with Gasteiger partial charge < -0.3 is 0 Å². The van der Waals surface area contributed by atoms with Gasteiger partial charge in [-0.15, -0.1) is 0 Å². The standard InChI is InChI=1S/C9H17N5/c1-3-5-9(4-2,8-10)12-6-7-13-14-11/h12H,3-7H2,1-2H3. The zero-order valence-electron chi connectivity index (χ0n) is 8.82. The van der Waals surface area contributed by atoms with Gasteiger partial charge in [-0.1, -0.05) is 25.4 Å². The molecular weight excluding hydrogens is 178 g/mol. The molecule has 0 saturated carbocycles. The van der Waals surface area contributed by atoms with Gasteiger partial charge in [0.05, 0.1) is 6.07 Å². The molecular formula is C9H17N5. The fourth-order valence-electron chi connectivity index (χ4n) is 1.38. The van der Waals surface area contributed by atoms with Crippen LogP contribution in [0.15, 0.2) is 5.11 Å². The van der Waals surface area contributed by atoms with Crippen LogP contribution in [-0.4, -0.2) is 18.6 Å². The lowest BCUT2D eigenvalue weighted by Crippen LogP contribution is -2.44. The van der Waals surface area contributed by atoms with E-state index in [0.29, 0.717) is 13.1 Å². The third-order valence-corrected chi connectivity index (χ3v) is 2.23. The Morgan fingerprint density at radius 2 is 2.29 bits per heavy atom. The molecule has 0 radical (unpaired) electrons. The average molecular weight is 195 g/mol. The van der Waals surface area contributed by atoms with Gasteiger partial charge in [0.25, 0.3) is 0 Å². The van der Waals surface area contributed by atoms with Gasteiger partial charge >= 0.3 is 0 Å². The van der Waals surface area contributed by atoms with Gasteiger partial charge in [0.2, 0.25) is 0 Å². The minimum Gasteiger partial charge on any atom is -0.299 e. The molecule has 0 rings (SSSR count). The fourth-order valence-corrected chi connectivity index (χ4v) is 1.38. The quantitative estimate of drug-likeness (QED) is 0.292. The van der Waals surface area contributed by atoms with Crippen molar-refractivity contribution in [3.05, 3.63) is 10.4 Å². The Hall–Kier alpha value is -1.24. The highest BCUT2D eigenvalue weighted by Gasteiger charge is 2.25. The van der Waals surface area contributed by atoms with Crippen molar-refractivity contribution in [3.8, 4) is 6.07 Å². The van der Waals surface area contributed by atoms with Gasteiger partial charge in [-0.25, -0.2) is 0 Å². The molecule has 0 saturated heterocycles. The Kier molecular flexibility index (Phi) is 6.55. The summed E-state index contributed by atoms with van der Waals surface area (Å²) in [7, 11) is 0. The van der Waals surface area contributed by atoms with Gasteiger partial charge in [0.1, 0.15) is 5.54 Å². The molecule has 0 aliphatic rings. The number of hydrogen-bond donors (Lipinski definition) is 1. The second-order valence-corrected chi connectivity index (χ2v) is 3.18. The molecule has 0 aromatic heterocycles. The van der Waals surface area contributed by atoms with Crippen molar-refractivity contribution in [2.75, 3.05) is 13.1 Å². The first-order valence-corrected chi connectivity index (χ1v) is 4.91. The van der Waals surface area contributed by atoms with E-state index in [0.717, 1.165) is 19.3 Å². The number of azide groups is 1. The van der Waals surface area contributed by atoms with Crippen LogP contribution < -0.4 is 5.32 Å². The number of rotatable bonds is 7. The lowest BCUT2D eigenvalue weighted by atomic mass is 9.92. The van der Waals surface area contributed by atoms with Crippen LogP contribution in [0.2, 0.25) is 0 Å². The van der Waals surface area contributed by atoms with Crippen molar-refractivity contribution in [3.63, 3.8) is 0 Å². The molecule has 5 heteroatoms. The van der Waals surface area contributed by atoms with Crippen molar-refractivity contribution in [1.82, 2.24) is 5.32 Å². The summed E-state index contributed by atoms with van der Waals surface area (Å²) in [6.45, 7) is 4.99. The van der Waals surface area contributed by atoms with E-state index in [4.69, 9.17) is 10.8 Å². The van der Waals surface area contributed by atoms with E-state index in [-0.39, 0.29) is 0 Å². The smallest absolute Gasteiger partial charge is 0.106 e. The lowest BCUT2D eigenvalue weighted by Gasteiger charge is -2.25. The van der Waals surface area contributed by atoms with E-state index in [1.165, 1.54) is 0 Å². The van der Waals surface area contributed by atoms with Crippen LogP contribution in [0.4, 0.5) is 0 Å². The summed E-state index contributed by atoms with van der Waals surface area (Å²) < 4.78 is 0. The van der Waals surface area contributed by atoms with Gasteiger partial charge in [0.15, 0.2) is 0 Å². The van der Waals surface area contributed by atoms with Crippen molar-refractivity contribution in [2.24, 2.45) is 5.11 Å². The number of nitriles is 1. The Balaban J connectivity index is 4.08.